The van der Waals surface area contributed by atoms with E-state index < -0.39 is 0 Å². The fourth-order valence-electron chi connectivity index (χ4n) is 2.01. The molecule has 1 aliphatic rings. The quantitative estimate of drug-likeness (QED) is 0.705. The second-order valence-corrected chi connectivity index (χ2v) is 4.33. The van der Waals surface area contributed by atoms with Crippen molar-refractivity contribution in [1.82, 2.24) is 10.2 Å². The first kappa shape index (κ1) is 11.9. The molecule has 0 aromatic heterocycles. The van der Waals surface area contributed by atoms with Crippen LogP contribution >= 0.6 is 0 Å². The molecular formula is C11H23FN2. The van der Waals surface area contributed by atoms with Crippen molar-refractivity contribution >= 4 is 0 Å². The highest BCUT2D eigenvalue weighted by Gasteiger charge is 2.13. The zero-order valence-electron chi connectivity index (χ0n) is 9.27. The second kappa shape index (κ2) is 7.18. The van der Waals surface area contributed by atoms with Crippen molar-refractivity contribution in [2.75, 3.05) is 39.9 Å². The molecule has 0 unspecified atom stereocenters. The Morgan fingerprint density at radius 3 is 2.64 bits per heavy atom. The molecule has 0 aromatic carbocycles. The Morgan fingerprint density at radius 1 is 1.29 bits per heavy atom. The van der Waals surface area contributed by atoms with Gasteiger partial charge in [-0.2, -0.15) is 0 Å². The van der Waals surface area contributed by atoms with Gasteiger partial charge in [0, 0.05) is 6.54 Å². The molecule has 14 heavy (non-hydrogen) atoms. The van der Waals surface area contributed by atoms with Gasteiger partial charge in [0.2, 0.25) is 0 Å². The lowest BCUT2D eigenvalue weighted by molar-refractivity contribution is 0.261. The summed E-state index contributed by atoms with van der Waals surface area (Å²) in [5.74, 6) is 0.893. The van der Waals surface area contributed by atoms with Gasteiger partial charge in [-0.05, 0) is 58.3 Å². The van der Waals surface area contributed by atoms with Gasteiger partial charge in [0.1, 0.15) is 0 Å². The fraction of sp³-hybridized carbons (Fsp3) is 1.00. The summed E-state index contributed by atoms with van der Waals surface area (Å²) in [6.07, 6.45) is 4.60. The lowest BCUT2D eigenvalue weighted by Crippen LogP contribution is -2.30. The molecule has 0 radical (unpaired) electrons. The maximum atomic E-state index is 11.9. The standard InChI is InChI=1S/C11H23FN2/c1-14(9-2-6-12)10-5-11-3-7-13-8-4-11/h11,13H,2-10H2,1H3. The highest BCUT2D eigenvalue weighted by Crippen LogP contribution is 2.15. The van der Waals surface area contributed by atoms with E-state index in [2.05, 4.69) is 17.3 Å². The van der Waals surface area contributed by atoms with Crippen LogP contribution in [0.5, 0.6) is 0 Å². The zero-order chi connectivity index (χ0) is 10.2. The molecule has 0 aromatic rings. The van der Waals surface area contributed by atoms with Crippen LogP contribution in [0.3, 0.4) is 0 Å². The predicted molar refractivity (Wildman–Crippen MR) is 58.3 cm³/mol. The molecule has 0 saturated carbocycles. The van der Waals surface area contributed by atoms with Gasteiger partial charge in [0.05, 0.1) is 6.67 Å². The fourth-order valence-corrected chi connectivity index (χ4v) is 2.01. The molecule has 84 valence electrons. The van der Waals surface area contributed by atoms with Gasteiger partial charge in [-0.25, -0.2) is 0 Å². The van der Waals surface area contributed by atoms with E-state index >= 15 is 0 Å². The summed E-state index contributed by atoms with van der Waals surface area (Å²) in [6, 6.07) is 0. The number of halogens is 1. The Kier molecular flexibility index (Phi) is 6.12. The minimum Gasteiger partial charge on any atom is -0.317 e. The van der Waals surface area contributed by atoms with E-state index in [0.29, 0.717) is 6.42 Å². The third-order valence-electron chi connectivity index (χ3n) is 3.05. The highest BCUT2D eigenvalue weighted by atomic mass is 19.1. The Morgan fingerprint density at radius 2 is 2.00 bits per heavy atom. The number of rotatable bonds is 6. The van der Waals surface area contributed by atoms with Crippen LogP contribution in [0.2, 0.25) is 0 Å². The largest absolute Gasteiger partial charge is 0.317 e. The molecule has 0 amide bonds. The SMILES string of the molecule is CN(CCCF)CCC1CCNCC1. The van der Waals surface area contributed by atoms with Crippen molar-refractivity contribution in [3.63, 3.8) is 0 Å². The normalized spacial score (nSPS) is 19.1. The third-order valence-corrected chi connectivity index (χ3v) is 3.05. The van der Waals surface area contributed by atoms with Crippen LogP contribution < -0.4 is 5.32 Å². The smallest absolute Gasteiger partial charge is 0.0906 e. The Labute approximate surface area is 86.9 Å². The van der Waals surface area contributed by atoms with Crippen LogP contribution in [0, 0.1) is 5.92 Å². The van der Waals surface area contributed by atoms with E-state index in [0.717, 1.165) is 19.0 Å². The summed E-state index contributed by atoms with van der Waals surface area (Å²) < 4.78 is 11.9. The van der Waals surface area contributed by atoms with Crippen LogP contribution in [0.4, 0.5) is 4.39 Å². The third kappa shape index (κ3) is 4.91. The van der Waals surface area contributed by atoms with Crippen molar-refractivity contribution in [2.45, 2.75) is 25.7 Å². The van der Waals surface area contributed by atoms with Crippen LogP contribution in [0.1, 0.15) is 25.7 Å². The van der Waals surface area contributed by atoms with Crippen LogP contribution in [-0.4, -0.2) is 44.8 Å². The van der Waals surface area contributed by atoms with Crippen molar-refractivity contribution < 1.29 is 4.39 Å². The zero-order valence-corrected chi connectivity index (χ0v) is 9.27. The van der Waals surface area contributed by atoms with Crippen LogP contribution in [-0.2, 0) is 0 Å². The molecule has 0 bridgehead atoms. The summed E-state index contributed by atoms with van der Waals surface area (Å²) in [5, 5.41) is 3.37. The summed E-state index contributed by atoms with van der Waals surface area (Å²) in [6.45, 7) is 4.21. The maximum Gasteiger partial charge on any atom is 0.0906 e. The lowest BCUT2D eigenvalue weighted by Gasteiger charge is -2.25. The maximum absolute atomic E-state index is 11.9. The highest BCUT2D eigenvalue weighted by molar-refractivity contribution is 4.69. The van der Waals surface area contributed by atoms with Gasteiger partial charge < -0.3 is 10.2 Å². The van der Waals surface area contributed by atoms with Gasteiger partial charge in [0.25, 0.3) is 0 Å². The molecule has 1 fully saturated rings. The summed E-state index contributed by atoms with van der Waals surface area (Å²) >= 11 is 0. The monoisotopic (exact) mass is 202 g/mol. The average Bonchev–Trinajstić information content (AvgIpc) is 2.25. The van der Waals surface area contributed by atoms with Gasteiger partial charge in [0.15, 0.2) is 0 Å². The second-order valence-electron chi connectivity index (χ2n) is 4.33. The molecule has 0 atom stereocenters. The van der Waals surface area contributed by atoms with E-state index in [1.54, 1.807) is 0 Å². The first-order valence-electron chi connectivity index (χ1n) is 5.78. The van der Waals surface area contributed by atoms with Crippen molar-refractivity contribution in [1.29, 1.82) is 0 Å². The van der Waals surface area contributed by atoms with Gasteiger partial charge >= 0.3 is 0 Å². The minimum atomic E-state index is -0.183. The number of hydrogen-bond donors (Lipinski definition) is 1. The lowest BCUT2D eigenvalue weighted by atomic mass is 9.94. The number of alkyl halides is 1. The molecule has 1 saturated heterocycles. The number of piperidine rings is 1. The molecule has 3 heteroatoms. The number of hydrogen-bond acceptors (Lipinski definition) is 2. The van der Waals surface area contributed by atoms with Crippen LogP contribution in [0.25, 0.3) is 0 Å². The Bertz CT molecular complexity index is 135. The molecule has 1 N–H and O–H groups in total. The first-order valence-corrected chi connectivity index (χ1v) is 5.78. The molecule has 1 heterocycles. The van der Waals surface area contributed by atoms with E-state index in [1.165, 1.54) is 32.4 Å². The van der Waals surface area contributed by atoms with Crippen molar-refractivity contribution in [3.05, 3.63) is 0 Å². The molecule has 0 aliphatic carbocycles. The van der Waals surface area contributed by atoms with E-state index in [4.69, 9.17) is 0 Å². The van der Waals surface area contributed by atoms with Gasteiger partial charge in [-0.15, -0.1) is 0 Å². The Hall–Kier alpha value is -0.150. The average molecular weight is 202 g/mol. The van der Waals surface area contributed by atoms with Crippen molar-refractivity contribution in [3.8, 4) is 0 Å². The molecule has 1 rings (SSSR count). The van der Waals surface area contributed by atoms with Crippen molar-refractivity contribution in [2.24, 2.45) is 5.92 Å². The number of nitrogens with one attached hydrogen (secondary N) is 1. The first-order chi connectivity index (χ1) is 6.83. The summed E-state index contributed by atoms with van der Waals surface area (Å²) in [7, 11) is 2.09. The Balaban J connectivity index is 2.00. The molecule has 1 aliphatic heterocycles. The molecule has 0 spiro atoms. The van der Waals surface area contributed by atoms with Gasteiger partial charge in [-0.3, -0.25) is 4.39 Å². The summed E-state index contributed by atoms with van der Waals surface area (Å²) in [5.41, 5.74) is 0. The summed E-state index contributed by atoms with van der Waals surface area (Å²) in [4.78, 5) is 2.25. The minimum absolute atomic E-state index is 0.183. The molecule has 2 nitrogen and oxygen atoms in total. The van der Waals surface area contributed by atoms with Gasteiger partial charge in [-0.1, -0.05) is 0 Å². The predicted octanol–water partition coefficient (Wildman–Crippen LogP) is 1.67. The van der Waals surface area contributed by atoms with E-state index in [9.17, 15) is 4.39 Å². The van der Waals surface area contributed by atoms with E-state index in [-0.39, 0.29) is 6.67 Å². The topological polar surface area (TPSA) is 15.3 Å². The van der Waals surface area contributed by atoms with E-state index in [1.807, 2.05) is 0 Å². The van der Waals surface area contributed by atoms with Crippen LogP contribution in [0.15, 0.2) is 0 Å². The molecular weight excluding hydrogens is 179 g/mol. The number of nitrogens with zero attached hydrogens (tertiary/aromatic N) is 1.